The molecule has 32 heavy (non-hydrogen) atoms. The first kappa shape index (κ1) is 23.0. The molecule has 2 aromatic carbocycles. The number of hydrogen-bond acceptors (Lipinski definition) is 4. The van der Waals surface area contributed by atoms with Crippen molar-refractivity contribution in [1.82, 2.24) is 5.06 Å². The highest BCUT2D eigenvalue weighted by Crippen LogP contribution is 2.42. The largest absolute Gasteiger partial charge is 0.296 e. The molecule has 1 unspecified atom stereocenters. The maximum Gasteiger partial charge on any atom is 0.0919 e. The van der Waals surface area contributed by atoms with Gasteiger partial charge in [0.1, 0.15) is 0 Å². The van der Waals surface area contributed by atoms with Gasteiger partial charge in [-0.25, -0.2) is 0 Å². The van der Waals surface area contributed by atoms with Gasteiger partial charge in [-0.1, -0.05) is 61.9 Å². The zero-order valence-electron chi connectivity index (χ0n) is 20.9. The van der Waals surface area contributed by atoms with Crippen molar-refractivity contribution in [3.05, 3.63) is 65.7 Å². The Kier molecular flexibility index (Phi) is 5.98. The molecule has 0 spiro atoms. The Hall–Kier alpha value is -2.17. The van der Waals surface area contributed by atoms with Gasteiger partial charge in [-0.3, -0.25) is 9.85 Å². The van der Waals surface area contributed by atoms with Crippen LogP contribution in [0.2, 0.25) is 0 Å². The summed E-state index contributed by atoms with van der Waals surface area (Å²) in [7, 11) is 0. The van der Waals surface area contributed by atoms with Crippen LogP contribution >= 0.6 is 0 Å². The summed E-state index contributed by atoms with van der Waals surface area (Å²) in [6.07, 6.45) is 3.54. The topological polar surface area (TPSA) is 28.1 Å². The Bertz CT molecular complexity index is 944. The monoisotopic (exact) mass is 433 g/mol. The molecule has 0 saturated carbocycles. The molecule has 2 heterocycles. The summed E-state index contributed by atoms with van der Waals surface area (Å²) in [5, 5.41) is 9.63. The molecule has 0 N–H and O–H groups in total. The number of hydrazone groups is 1. The van der Waals surface area contributed by atoms with Gasteiger partial charge < -0.3 is 0 Å². The SMILES string of the molecule is Cc1ccc(C2=NN(c3ccccc3)C(CON3C(C)(C)CCCC3(C)C)C2(C)C)cc1. The van der Waals surface area contributed by atoms with Crippen molar-refractivity contribution < 1.29 is 4.84 Å². The lowest BCUT2D eigenvalue weighted by Gasteiger charge is -2.52. The van der Waals surface area contributed by atoms with E-state index in [9.17, 15) is 0 Å². The molecule has 2 aromatic rings. The summed E-state index contributed by atoms with van der Waals surface area (Å²) < 4.78 is 0. The summed E-state index contributed by atoms with van der Waals surface area (Å²) >= 11 is 0. The average molecular weight is 434 g/mol. The van der Waals surface area contributed by atoms with Gasteiger partial charge in [0.2, 0.25) is 0 Å². The van der Waals surface area contributed by atoms with Crippen molar-refractivity contribution in [2.24, 2.45) is 10.5 Å². The second-order valence-corrected chi connectivity index (χ2v) is 11.3. The molecular weight excluding hydrogens is 394 g/mol. The summed E-state index contributed by atoms with van der Waals surface area (Å²) in [4.78, 5) is 6.71. The number of para-hydroxylation sites is 1. The molecule has 4 nitrogen and oxygen atoms in total. The van der Waals surface area contributed by atoms with Crippen LogP contribution in [0.1, 0.15) is 71.9 Å². The van der Waals surface area contributed by atoms with Gasteiger partial charge >= 0.3 is 0 Å². The molecular formula is C28H39N3O. The number of hydrogen-bond donors (Lipinski definition) is 0. The zero-order chi connectivity index (χ0) is 23.1. The zero-order valence-corrected chi connectivity index (χ0v) is 20.9. The quantitative estimate of drug-likeness (QED) is 0.532. The Labute approximate surface area is 194 Å². The summed E-state index contributed by atoms with van der Waals surface area (Å²) in [6.45, 7) is 16.5. The lowest BCUT2D eigenvalue weighted by atomic mass is 9.78. The normalized spacial score (nSPS) is 24.4. The van der Waals surface area contributed by atoms with Crippen LogP contribution in [0.25, 0.3) is 0 Å². The van der Waals surface area contributed by atoms with Crippen LogP contribution in [-0.2, 0) is 4.84 Å². The van der Waals surface area contributed by atoms with E-state index in [4.69, 9.17) is 9.94 Å². The van der Waals surface area contributed by atoms with Crippen LogP contribution in [0.3, 0.4) is 0 Å². The third-order valence-corrected chi connectivity index (χ3v) is 7.33. The Morgan fingerprint density at radius 3 is 2.06 bits per heavy atom. The van der Waals surface area contributed by atoms with E-state index in [0.29, 0.717) is 6.61 Å². The molecule has 0 radical (unpaired) electrons. The van der Waals surface area contributed by atoms with Gasteiger partial charge in [-0.15, -0.1) is 0 Å². The predicted octanol–water partition coefficient (Wildman–Crippen LogP) is 6.59. The van der Waals surface area contributed by atoms with Gasteiger partial charge in [-0.05, 0) is 71.6 Å². The summed E-state index contributed by atoms with van der Waals surface area (Å²) in [6, 6.07) is 19.3. The molecule has 1 fully saturated rings. The van der Waals surface area contributed by atoms with Gasteiger partial charge in [0.25, 0.3) is 0 Å². The summed E-state index contributed by atoms with van der Waals surface area (Å²) in [5.41, 5.74) is 4.53. The fourth-order valence-corrected chi connectivity index (χ4v) is 5.48. The van der Waals surface area contributed by atoms with Crippen LogP contribution < -0.4 is 5.01 Å². The number of hydroxylamine groups is 2. The standard InChI is InChI=1S/C28H39N3O/c1-21-14-16-22(17-15-21)25-28(6,7)24(30(29-25)23-12-9-8-10-13-23)20-32-31-26(2,3)18-11-19-27(31,4)5/h8-10,12-17,24H,11,18-20H2,1-7H3. The van der Waals surface area contributed by atoms with E-state index in [-0.39, 0.29) is 22.5 Å². The minimum atomic E-state index is -0.171. The van der Waals surface area contributed by atoms with Crippen LogP contribution in [0.5, 0.6) is 0 Å². The maximum absolute atomic E-state index is 6.71. The molecule has 0 aliphatic carbocycles. The highest BCUT2D eigenvalue weighted by atomic mass is 16.7. The molecule has 0 bridgehead atoms. The first-order chi connectivity index (χ1) is 15.0. The first-order valence-corrected chi connectivity index (χ1v) is 12.0. The molecule has 4 rings (SSSR count). The van der Waals surface area contributed by atoms with Crippen molar-refractivity contribution >= 4 is 11.4 Å². The van der Waals surface area contributed by atoms with Gasteiger partial charge in [0.15, 0.2) is 0 Å². The lowest BCUT2D eigenvalue weighted by Crippen LogP contribution is -2.59. The van der Waals surface area contributed by atoms with Crippen molar-refractivity contribution in [2.75, 3.05) is 11.6 Å². The van der Waals surface area contributed by atoms with Gasteiger partial charge in [-0.2, -0.15) is 10.2 Å². The molecule has 172 valence electrons. The van der Waals surface area contributed by atoms with E-state index in [1.54, 1.807) is 0 Å². The van der Waals surface area contributed by atoms with E-state index < -0.39 is 0 Å². The van der Waals surface area contributed by atoms with E-state index in [1.165, 1.54) is 17.5 Å². The van der Waals surface area contributed by atoms with E-state index in [1.807, 2.05) is 0 Å². The molecule has 2 aliphatic heterocycles. The number of aryl methyl sites for hydroxylation is 1. The highest BCUT2D eigenvalue weighted by Gasteiger charge is 2.48. The molecule has 1 atom stereocenters. The minimum Gasteiger partial charge on any atom is -0.296 e. The van der Waals surface area contributed by atoms with Crippen LogP contribution in [0, 0.1) is 12.3 Å². The second-order valence-electron chi connectivity index (χ2n) is 11.3. The van der Waals surface area contributed by atoms with Gasteiger partial charge in [0, 0.05) is 16.5 Å². The fourth-order valence-electron chi connectivity index (χ4n) is 5.48. The van der Waals surface area contributed by atoms with Gasteiger partial charge in [0.05, 0.1) is 24.0 Å². The molecule has 2 aliphatic rings. The number of piperidine rings is 1. The Morgan fingerprint density at radius 1 is 0.875 bits per heavy atom. The lowest BCUT2D eigenvalue weighted by molar-refractivity contribution is -0.284. The third-order valence-electron chi connectivity index (χ3n) is 7.33. The highest BCUT2D eigenvalue weighted by molar-refractivity contribution is 6.07. The fraction of sp³-hybridized carbons (Fsp3) is 0.536. The molecule has 4 heteroatoms. The number of nitrogens with zero attached hydrogens (tertiary/aromatic N) is 3. The van der Waals surface area contributed by atoms with E-state index in [0.717, 1.165) is 24.2 Å². The number of anilines is 1. The van der Waals surface area contributed by atoms with Crippen molar-refractivity contribution in [3.63, 3.8) is 0 Å². The average Bonchev–Trinajstić information content (AvgIpc) is 2.98. The predicted molar refractivity (Wildman–Crippen MR) is 134 cm³/mol. The summed E-state index contributed by atoms with van der Waals surface area (Å²) in [5.74, 6) is 0. The van der Waals surface area contributed by atoms with E-state index in [2.05, 4.69) is 113 Å². The smallest absolute Gasteiger partial charge is 0.0919 e. The molecule has 1 saturated heterocycles. The number of rotatable bonds is 5. The first-order valence-electron chi connectivity index (χ1n) is 12.0. The van der Waals surface area contributed by atoms with Crippen molar-refractivity contribution in [1.29, 1.82) is 0 Å². The van der Waals surface area contributed by atoms with Crippen LogP contribution in [0.4, 0.5) is 5.69 Å². The molecule has 0 aromatic heterocycles. The maximum atomic E-state index is 6.71. The Balaban J connectivity index is 1.67. The Morgan fingerprint density at radius 2 is 1.47 bits per heavy atom. The minimum absolute atomic E-state index is 0.0166. The molecule has 0 amide bonds. The van der Waals surface area contributed by atoms with Crippen molar-refractivity contribution in [3.8, 4) is 0 Å². The number of benzene rings is 2. The third kappa shape index (κ3) is 4.23. The van der Waals surface area contributed by atoms with E-state index >= 15 is 0 Å². The van der Waals surface area contributed by atoms with Crippen molar-refractivity contribution in [2.45, 2.75) is 84.8 Å². The van der Waals surface area contributed by atoms with Crippen LogP contribution in [-0.4, -0.2) is 34.5 Å². The van der Waals surface area contributed by atoms with Crippen LogP contribution in [0.15, 0.2) is 59.7 Å². The second kappa shape index (κ2) is 8.31.